The number of phenols is 1. The van der Waals surface area contributed by atoms with Gasteiger partial charge in [-0.25, -0.2) is 0 Å². The molecule has 0 aliphatic rings. The molecule has 22 heavy (non-hydrogen) atoms. The summed E-state index contributed by atoms with van der Waals surface area (Å²) in [7, 11) is 0.237. The zero-order valence-electron chi connectivity index (χ0n) is 12.0. The second-order valence-corrected chi connectivity index (χ2v) is 5.00. The summed E-state index contributed by atoms with van der Waals surface area (Å²) in [6.45, 7) is 0. The Hall–Kier alpha value is -2.51. The van der Waals surface area contributed by atoms with E-state index in [1.165, 1.54) is 0 Å². The largest absolute Gasteiger partial charge is 0.508 e. The Labute approximate surface area is 132 Å². The van der Waals surface area contributed by atoms with E-state index in [0.717, 1.165) is 11.4 Å². The SMILES string of the molecule is Oc1ccccc1.c1ccc(NPOc2ccccc2)cc1. The van der Waals surface area contributed by atoms with Crippen LogP contribution in [0.25, 0.3) is 0 Å². The van der Waals surface area contributed by atoms with Gasteiger partial charge in [-0.05, 0) is 36.4 Å². The van der Waals surface area contributed by atoms with E-state index in [2.05, 4.69) is 5.09 Å². The molecule has 2 N–H and O–H groups in total. The lowest BCUT2D eigenvalue weighted by Crippen LogP contribution is -1.87. The average molecular weight is 311 g/mol. The van der Waals surface area contributed by atoms with Crippen molar-refractivity contribution in [1.82, 2.24) is 0 Å². The Morgan fingerprint density at radius 1 is 0.682 bits per heavy atom. The maximum atomic E-state index is 8.63. The normalized spacial score (nSPS) is 9.82. The maximum Gasteiger partial charge on any atom is 0.174 e. The molecule has 0 saturated carbocycles. The number of rotatable bonds is 4. The molecule has 0 aliphatic heterocycles. The highest BCUT2D eigenvalue weighted by Gasteiger charge is 1.91. The van der Waals surface area contributed by atoms with Crippen molar-refractivity contribution in [2.24, 2.45) is 0 Å². The first-order valence-electron chi connectivity index (χ1n) is 6.86. The average Bonchev–Trinajstić information content (AvgIpc) is 2.58. The minimum Gasteiger partial charge on any atom is -0.508 e. The molecular weight excluding hydrogens is 293 g/mol. The van der Waals surface area contributed by atoms with Crippen LogP contribution < -0.4 is 9.61 Å². The predicted molar refractivity (Wildman–Crippen MR) is 93.6 cm³/mol. The van der Waals surface area contributed by atoms with Crippen molar-refractivity contribution < 1.29 is 9.63 Å². The molecule has 0 aromatic heterocycles. The van der Waals surface area contributed by atoms with E-state index in [-0.39, 0.29) is 8.96 Å². The van der Waals surface area contributed by atoms with E-state index in [1.54, 1.807) is 24.3 Å². The number of benzene rings is 3. The zero-order chi connectivity index (χ0) is 15.5. The topological polar surface area (TPSA) is 41.5 Å². The smallest absolute Gasteiger partial charge is 0.174 e. The Balaban J connectivity index is 0.000000211. The van der Waals surface area contributed by atoms with Crippen molar-refractivity contribution >= 4 is 14.6 Å². The third-order valence-corrected chi connectivity index (χ3v) is 3.37. The first kappa shape index (κ1) is 15.9. The van der Waals surface area contributed by atoms with E-state index in [9.17, 15) is 0 Å². The summed E-state index contributed by atoms with van der Waals surface area (Å²) >= 11 is 0. The lowest BCUT2D eigenvalue weighted by molar-refractivity contribution is 0.475. The molecule has 3 nitrogen and oxygen atoms in total. The van der Waals surface area contributed by atoms with Gasteiger partial charge in [0, 0.05) is 5.69 Å². The van der Waals surface area contributed by atoms with Crippen molar-refractivity contribution in [3.05, 3.63) is 91.0 Å². The number of para-hydroxylation sites is 3. The van der Waals surface area contributed by atoms with Gasteiger partial charge in [-0.2, -0.15) is 0 Å². The van der Waals surface area contributed by atoms with Crippen LogP contribution in [0.2, 0.25) is 0 Å². The summed E-state index contributed by atoms with van der Waals surface area (Å²) < 4.78 is 5.53. The quantitative estimate of drug-likeness (QED) is 0.660. The molecule has 0 amide bonds. The molecule has 1 atom stereocenters. The van der Waals surface area contributed by atoms with Gasteiger partial charge in [0.25, 0.3) is 0 Å². The highest BCUT2D eigenvalue weighted by atomic mass is 31.1. The summed E-state index contributed by atoms with van der Waals surface area (Å²) in [5, 5.41) is 11.8. The second-order valence-electron chi connectivity index (χ2n) is 4.34. The van der Waals surface area contributed by atoms with Gasteiger partial charge in [-0.1, -0.05) is 54.6 Å². The molecule has 1 unspecified atom stereocenters. The Kier molecular flexibility index (Phi) is 6.80. The molecule has 0 spiro atoms. The molecule has 0 saturated heterocycles. The van der Waals surface area contributed by atoms with Crippen LogP contribution in [0.3, 0.4) is 0 Å². The van der Waals surface area contributed by atoms with Gasteiger partial charge in [0.05, 0.1) is 0 Å². The van der Waals surface area contributed by atoms with Gasteiger partial charge < -0.3 is 14.7 Å². The van der Waals surface area contributed by atoms with Crippen LogP contribution >= 0.6 is 8.96 Å². The minimum absolute atomic E-state index is 0.237. The number of anilines is 1. The van der Waals surface area contributed by atoms with Crippen LogP contribution in [0, 0.1) is 0 Å². The van der Waals surface area contributed by atoms with E-state index in [0.29, 0.717) is 5.75 Å². The van der Waals surface area contributed by atoms with Crippen molar-refractivity contribution in [2.45, 2.75) is 0 Å². The third kappa shape index (κ3) is 6.29. The molecule has 4 heteroatoms. The highest BCUT2D eigenvalue weighted by Crippen LogP contribution is 2.21. The zero-order valence-corrected chi connectivity index (χ0v) is 13.0. The van der Waals surface area contributed by atoms with Gasteiger partial charge >= 0.3 is 0 Å². The van der Waals surface area contributed by atoms with Crippen LogP contribution in [0.15, 0.2) is 91.0 Å². The fourth-order valence-corrected chi connectivity index (χ4v) is 2.17. The molecule has 0 heterocycles. The molecule has 3 aromatic carbocycles. The van der Waals surface area contributed by atoms with E-state index in [1.807, 2.05) is 66.7 Å². The van der Waals surface area contributed by atoms with Crippen LogP contribution in [-0.4, -0.2) is 5.11 Å². The van der Waals surface area contributed by atoms with Crippen molar-refractivity contribution in [2.75, 3.05) is 5.09 Å². The number of aromatic hydroxyl groups is 1. The fourth-order valence-electron chi connectivity index (χ4n) is 1.58. The standard InChI is InChI=1S/C12H12NOP.C6H6O/c1-3-7-11(8-4-1)13-15-14-12-9-5-2-6-10-12;7-6-4-2-1-3-5-6/h1-10,13,15H;1-5,7H. The van der Waals surface area contributed by atoms with Crippen LogP contribution in [0.4, 0.5) is 5.69 Å². The van der Waals surface area contributed by atoms with Gasteiger partial charge in [0.2, 0.25) is 0 Å². The molecular formula is C18H18NO2P. The summed E-state index contributed by atoms with van der Waals surface area (Å²) in [6.07, 6.45) is 0. The summed E-state index contributed by atoms with van der Waals surface area (Å²) in [5.41, 5.74) is 1.08. The van der Waals surface area contributed by atoms with Crippen LogP contribution in [0.1, 0.15) is 0 Å². The Bertz CT molecular complexity index is 594. The van der Waals surface area contributed by atoms with E-state index < -0.39 is 0 Å². The monoisotopic (exact) mass is 311 g/mol. The first-order chi connectivity index (χ1) is 10.8. The third-order valence-electron chi connectivity index (χ3n) is 2.64. The Morgan fingerprint density at radius 3 is 1.68 bits per heavy atom. The molecule has 0 aliphatic carbocycles. The minimum atomic E-state index is 0.237. The molecule has 3 aromatic rings. The van der Waals surface area contributed by atoms with Crippen LogP contribution in [-0.2, 0) is 0 Å². The van der Waals surface area contributed by atoms with Gasteiger partial charge in [-0.15, -0.1) is 0 Å². The van der Waals surface area contributed by atoms with Gasteiger partial charge in [-0.3, -0.25) is 0 Å². The molecule has 0 bridgehead atoms. The summed E-state index contributed by atoms with van der Waals surface area (Å²) in [6, 6.07) is 28.5. The van der Waals surface area contributed by atoms with Crippen molar-refractivity contribution in [3.8, 4) is 11.5 Å². The number of nitrogens with one attached hydrogen (secondary N) is 1. The van der Waals surface area contributed by atoms with Crippen molar-refractivity contribution in [1.29, 1.82) is 0 Å². The second kappa shape index (κ2) is 9.43. The van der Waals surface area contributed by atoms with E-state index >= 15 is 0 Å². The number of phenolic OH excluding ortho intramolecular Hbond substituents is 1. The molecule has 112 valence electrons. The lowest BCUT2D eigenvalue weighted by atomic mass is 10.3. The maximum absolute atomic E-state index is 8.63. The predicted octanol–water partition coefficient (Wildman–Crippen LogP) is 5.08. The Morgan fingerprint density at radius 2 is 1.18 bits per heavy atom. The molecule has 3 rings (SSSR count). The van der Waals surface area contributed by atoms with E-state index in [4.69, 9.17) is 9.63 Å². The molecule has 0 radical (unpaired) electrons. The lowest BCUT2D eigenvalue weighted by Gasteiger charge is -2.07. The molecule has 0 fully saturated rings. The summed E-state index contributed by atoms with van der Waals surface area (Å²) in [4.78, 5) is 0. The van der Waals surface area contributed by atoms with Crippen molar-refractivity contribution in [3.63, 3.8) is 0 Å². The van der Waals surface area contributed by atoms with Crippen LogP contribution in [0.5, 0.6) is 11.5 Å². The van der Waals surface area contributed by atoms with Gasteiger partial charge in [0.15, 0.2) is 8.96 Å². The highest BCUT2D eigenvalue weighted by molar-refractivity contribution is 7.34. The number of hydrogen-bond acceptors (Lipinski definition) is 3. The fraction of sp³-hybridized carbons (Fsp3) is 0. The van der Waals surface area contributed by atoms with Gasteiger partial charge in [0.1, 0.15) is 11.5 Å². The summed E-state index contributed by atoms with van der Waals surface area (Å²) in [5.74, 6) is 1.21. The first-order valence-corrected chi connectivity index (χ1v) is 7.77. The number of hydrogen-bond donors (Lipinski definition) is 2.